The van der Waals surface area contributed by atoms with E-state index in [1.54, 1.807) is 0 Å². The Morgan fingerprint density at radius 2 is 1.17 bits per heavy atom. The maximum atomic E-state index is 6.17. The topological polar surface area (TPSA) is 55.4 Å². The molecule has 2 aliphatic heterocycles. The Morgan fingerprint density at radius 3 is 1.52 bits per heavy atom. The van der Waals surface area contributed by atoms with E-state index in [0.717, 1.165) is 11.1 Å². The van der Waals surface area contributed by atoms with Crippen molar-refractivity contribution in [2.75, 3.05) is 39.6 Å². The highest BCUT2D eigenvalue weighted by Crippen LogP contribution is 2.63. The Hall–Kier alpha value is -1.02. The van der Waals surface area contributed by atoms with Gasteiger partial charge in [-0.05, 0) is 13.8 Å². The van der Waals surface area contributed by atoms with Gasteiger partial charge in [0.15, 0.2) is 0 Å². The van der Waals surface area contributed by atoms with Gasteiger partial charge in [-0.3, -0.25) is 0 Å². The average molecular weight is 322 g/mol. The number of ether oxygens (including phenoxy) is 6. The summed E-state index contributed by atoms with van der Waals surface area (Å²) in [5.41, 5.74) is 1.70. The zero-order valence-corrected chi connectivity index (χ0v) is 13.5. The lowest BCUT2D eigenvalue weighted by Gasteiger charge is -2.46. The van der Waals surface area contributed by atoms with E-state index in [1.165, 1.54) is 0 Å². The van der Waals surface area contributed by atoms with Crippen LogP contribution in [0.4, 0.5) is 0 Å². The molecule has 0 amide bonds. The lowest BCUT2D eigenvalue weighted by atomic mass is 10.0. The fraction of sp³-hybridized carbons (Fsp3) is 0.647. The third-order valence-electron chi connectivity index (χ3n) is 4.59. The highest BCUT2D eigenvalue weighted by Gasteiger charge is 2.79. The van der Waals surface area contributed by atoms with Crippen molar-refractivity contribution >= 4 is 0 Å². The summed E-state index contributed by atoms with van der Waals surface area (Å²) in [7, 11) is 0. The van der Waals surface area contributed by atoms with Gasteiger partial charge in [-0.25, -0.2) is 0 Å². The summed E-state index contributed by atoms with van der Waals surface area (Å²) in [4.78, 5) is 0. The molecular weight excluding hydrogens is 300 g/mol. The summed E-state index contributed by atoms with van der Waals surface area (Å²) in [5.74, 6) is -3.69. The van der Waals surface area contributed by atoms with Crippen LogP contribution in [0.15, 0.2) is 24.3 Å². The second kappa shape index (κ2) is 5.51. The normalized spacial score (nSPS) is 26.2. The largest absolute Gasteiger partial charge is 0.341 e. The van der Waals surface area contributed by atoms with Gasteiger partial charge in [-0.2, -0.15) is 0 Å². The molecule has 0 saturated carbocycles. The number of hydrogen-bond donors (Lipinski definition) is 0. The van der Waals surface area contributed by atoms with Crippen molar-refractivity contribution in [3.05, 3.63) is 35.4 Å². The first-order valence-corrected chi connectivity index (χ1v) is 8.20. The maximum Gasteiger partial charge on any atom is 0.289 e. The van der Waals surface area contributed by atoms with Gasteiger partial charge in [0.25, 0.3) is 17.4 Å². The molecule has 2 heterocycles. The molecule has 0 bridgehead atoms. The molecule has 3 aliphatic rings. The monoisotopic (exact) mass is 322 g/mol. The van der Waals surface area contributed by atoms with Crippen LogP contribution < -0.4 is 0 Å². The van der Waals surface area contributed by atoms with Gasteiger partial charge in [0.2, 0.25) is 0 Å². The summed E-state index contributed by atoms with van der Waals surface area (Å²) in [6.45, 7) is 6.51. The smallest absolute Gasteiger partial charge is 0.289 e. The molecule has 1 aromatic rings. The van der Waals surface area contributed by atoms with Crippen molar-refractivity contribution in [3.63, 3.8) is 0 Å². The van der Waals surface area contributed by atoms with Crippen molar-refractivity contribution < 1.29 is 28.4 Å². The fourth-order valence-electron chi connectivity index (χ4n) is 3.97. The number of fused-ring (bicyclic) bond motifs is 3. The second-order valence-electron chi connectivity index (χ2n) is 5.66. The summed E-state index contributed by atoms with van der Waals surface area (Å²) >= 11 is 0. The van der Waals surface area contributed by atoms with Crippen LogP contribution in [0.5, 0.6) is 0 Å². The summed E-state index contributed by atoms with van der Waals surface area (Å²) < 4.78 is 36.7. The SMILES string of the molecule is CCOC1(OCC)C2(OCCO2)c2ccccc2C12OCCO2. The van der Waals surface area contributed by atoms with Gasteiger partial charge < -0.3 is 28.4 Å². The third kappa shape index (κ3) is 1.74. The molecule has 23 heavy (non-hydrogen) atoms. The Bertz CT molecular complexity index is 523. The zero-order chi connectivity index (χ0) is 16.0. The van der Waals surface area contributed by atoms with Gasteiger partial charge in [0.1, 0.15) is 0 Å². The minimum Gasteiger partial charge on any atom is -0.341 e. The number of rotatable bonds is 4. The van der Waals surface area contributed by atoms with E-state index in [2.05, 4.69) is 0 Å². The van der Waals surface area contributed by atoms with Gasteiger partial charge in [-0.15, -0.1) is 0 Å². The van der Waals surface area contributed by atoms with Crippen LogP contribution in [0.2, 0.25) is 0 Å². The van der Waals surface area contributed by atoms with E-state index in [-0.39, 0.29) is 0 Å². The molecule has 0 unspecified atom stereocenters. The Balaban J connectivity index is 2.00. The Morgan fingerprint density at radius 1 is 0.783 bits per heavy atom. The first-order valence-electron chi connectivity index (χ1n) is 8.20. The molecule has 2 fully saturated rings. The fourth-order valence-corrected chi connectivity index (χ4v) is 3.97. The number of hydrogen-bond acceptors (Lipinski definition) is 6. The van der Waals surface area contributed by atoms with Crippen LogP contribution in [0, 0.1) is 0 Å². The van der Waals surface area contributed by atoms with Crippen LogP contribution >= 0.6 is 0 Å². The van der Waals surface area contributed by atoms with Crippen LogP contribution in [0.3, 0.4) is 0 Å². The molecule has 6 heteroatoms. The van der Waals surface area contributed by atoms with Gasteiger partial charge >= 0.3 is 0 Å². The second-order valence-corrected chi connectivity index (χ2v) is 5.66. The quantitative estimate of drug-likeness (QED) is 0.789. The molecule has 2 saturated heterocycles. The first kappa shape index (κ1) is 15.5. The molecule has 4 rings (SSSR count). The Kier molecular flexibility index (Phi) is 3.72. The molecular formula is C17H22O6. The van der Waals surface area contributed by atoms with Crippen molar-refractivity contribution in [2.24, 2.45) is 0 Å². The van der Waals surface area contributed by atoms with Crippen LogP contribution in [-0.4, -0.2) is 45.4 Å². The van der Waals surface area contributed by atoms with E-state index in [1.807, 2.05) is 38.1 Å². The molecule has 0 atom stereocenters. The van der Waals surface area contributed by atoms with Crippen molar-refractivity contribution in [1.29, 1.82) is 0 Å². The molecule has 1 aliphatic carbocycles. The first-order chi connectivity index (χ1) is 11.3. The molecule has 0 radical (unpaired) electrons. The van der Waals surface area contributed by atoms with Crippen molar-refractivity contribution in [2.45, 2.75) is 31.2 Å². The van der Waals surface area contributed by atoms with Gasteiger partial charge in [0, 0.05) is 24.3 Å². The highest BCUT2D eigenvalue weighted by atomic mass is 16.9. The molecule has 0 N–H and O–H groups in total. The molecule has 0 aromatic heterocycles. The Labute approximate surface area is 135 Å². The lowest BCUT2D eigenvalue weighted by molar-refractivity contribution is -0.464. The van der Waals surface area contributed by atoms with E-state index < -0.39 is 17.4 Å². The van der Waals surface area contributed by atoms with Gasteiger partial charge in [-0.1, -0.05) is 24.3 Å². The highest BCUT2D eigenvalue weighted by molar-refractivity contribution is 5.46. The van der Waals surface area contributed by atoms with E-state index in [0.29, 0.717) is 39.6 Å². The molecule has 126 valence electrons. The summed E-state index contributed by atoms with van der Waals surface area (Å²) in [6.07, 6.45) is 0. The van der Waals surface area contributed by atoms with E-state index in [4.69, 9.17) is 28.4 Å². The van der Waals surface area contributed by atoms with E-state index in [9.17, 15) is 0 Å². The van der Waals surface area contributed by atoms with Crippen molar-refractivity contribution in [3.8, 4) is 0 Å². The predicted octanol–water partition coefficient (Wildman–Crippen LogP) is 1.87. The standard InChI is InChI=1S/C17H22O6/c1-3-18-17(19-4-2)15(20-9-10-21-15)13-7-5-6-8-14(13)16(17)22-11-12-23-16/h5-8H,3-4,9-12H2,1-2H3. The van der Waals surface area contributed by atoms with Crippen LogP contribution in [-0.2, 0) is 40.0 Å². The van der Waals surface area contributed by atoms with Gasteiger partial charge in [0.05, 0.1) is 26.4 Å². The summed E-state index contributed by atoms with van der Waals surface area (Å²) in [5, 5.41) is 0. The van der Waals surface area contributed by atoms with Crippen LogP contribution in [0.25, 0.3) is 0 Å². The average Bonchev–Trinajstić information content (AvgIpc) is 3.28. The number of benzene rings is 1. The summed E-state index contributed by atoms with van der Waals surface area (Å²) in [6, 6.07) is 7.82. The predicted molar refractivity (Wildman–Crippen MR) is 79.6 cm³/mol. The van der Waals surface area contributed by atoms with E-state index >= 15 is 0 Å². The minimum absolute atomic E-state index is 0.414. The third-order valence-corrected chi connectivity index (χ3v) is 4.59. The van der Waals surface area contributed by atoms with Crippen molar-refractivity contribution in [1.82, 2.24) is 0 Å². The van der Waals surface area contributed by atoms with Crippen LogP contribution in [0.1, 0.15) is 25.0 Å². The molecule has 2 spiro atoms. The minimum atomic E-state index is -1.33. The maximum absolute atomic E-state index is 6.17. The molecule has 1 aromatic carbocycles. The lowest BCUT2D eigenvalue weighted by Crippen LogP contribution is -2.63. The zero-order valence-electron chi connectivity index (χ0n) is 13.5. The molecule has 6 nitrogen and oxygen atoms in total.